The smallest absolute Gasteiger partial charge is 0.143 e. The van der Waals surface area contributed by atoms with Gasteiger partial charge in [0.1, 0.15) is 29.6 Å². The molecule has 1 fully saturated rings. The van der Waals surface area contributed by atoms with E-state index in [0.29, 0.717) is 6.61 Å². The molecule has 1 aliphatic rings. The molecule has 0 aliphatic carbocycles. The van der Waals surface area contributed by atoms with Gasteiger partial charge in [-0.2, -0.15) is 0 Å². The lowest BCUT2D eigenvalue weighted by molar-refractivity contribution is 0.142. The number of benzene rings is 1. The van der Waals surface area contributed by atoms with Crippen molar-refractivity contribution in [3.05, 3.63) is 41.9 Å². The second-order valence-electron chi connectivity index (χ2n) is 6.05. The van der Waals surface area contributed by atoms with Crippen LogP contribution in [0, 0.1) is 13.8 Å². The van der Waals surface area contributed by atoms with Crippen molar-refractivity contribution in [3.63, 3.8) is 0 Å². The lowest BCUT2D eigenvalue weighted by atomic mass is 10.2. The Morgan fingerprint density at radius 2 is 2.12 bits per heavy atom. The van der Waals surface area contributed by atoms with Crippen molar-refractivity contribution in [1.29, 1.82) is 0 Å². The molecule has 0 radical (unpaired) electrons. The first-order valence-corrected chi connectivity index (χ1v) is 8.12. The highest BCUT2D eigenvalue weighted by Gasteiger charge is 2.19. The second-order valence-corrected chi connectivity index (χ2v) is 6.05. The van der Waals surface area contributed by atoms with Gasteiger partial charge in [-0.05, 0) is 31.5 Å². The van der Waals surface area contributed by atoms with Gasteiger partial charge in [0.25, 0.3) is 0 Å². The Morgan fingerprint density at radius 1 is 1.25 bits per heavy atom. The summed E-state index contributed by atoms with van der Waals surface area (Å²) in [5.41, 5.74) is 3.98. The average molecular weight is 324 g/mol. The van der Waals surface area contributed by atoms with Crippen LogP contribution in [0.25, 0.3) is 11.0 Å². The number of nitrogens with one attached hydrogen (secondary N) is 2. The van der Waals surface area contributed by atoms with Crippen molar-refractivity contribution in [1.82, 2.24) is 15.0 Å². The minimum Gasteiger partial charge on any atom is -0.486 e. The van der Waals surface area contributed by atoms with Gasteiger partial charge in [0, 0.05) is 12.1 Å². The van der Waals surface area contributed by atoms with E-state index in [9.17, 15) is 0 Å². The number of ether oxygens (including phenoxy) is 2. The standard InChI is InChI=1S/C18H20N4O2/c1-11-12(2)21-17-16(11)18(20-10-19-17)22-14-5-3-4-6-15(14)24-13-7-8-23-9-13/h3-6,10,13H,7-9H2,1-2H3,(H2,19,20,21,22). The SMILES string of the molecule is Cc1[nH]c2ncnc(Nc3ccccc3OC3CCOC3)c2c1C. The lowest BCUT2D eigenvalue weighted by Gasteiger charge is -2.16. The molecule has 2 aromatic heterocycles. The van der Waals surface area contributed by atoms with Crippen molar-refractivity contribution in [2.24, 2.45) is 0 Å². The highest BCUT2D eigenvalue weighted by atomic mass is 16.5. The van der Waals surface area contributed by atoms with Crippen molar-refractivity contribution >= 4 is 22.5 Å². The normalized spacial score (nSPS) is 17.3. The molecule has 0 saturated carbocycles. The van der Waals surface area contributed by atoms with Crippen LogP contribution in [0.1, 0.15) is 17.7 Å². The number of para-hydroxylation sites is 2. The van der Waals surface area contributed by atoms with E-state index in [1.165, 1.54) is 0 Å². The van der Waals surface area contributed by atoms with E-state index in [0.717, 1.165) is 52.6 Å². The van der Waals surface area contributed by atoms with Crippen LogP contribution < -0.4 is 10.1 Å². The Morgan fingerprint density at radius 3 is 2.96 bits per heavy atom. The molecule has 124 valence electrons. The van der Waals surface area contributed by atoms with Crippen LogP contribution >= 0.6 is 0 Å². The summed E-state index contributed by atoms with van der Waals surface area (Å²) in [4.78, 5) is 12.0. The van der Waals surface area contributed by atoms with E-state index >= 15 is 0 Å². The summed E-state index contributed by atoms with van der Waals surface area (Å²) < 4.78 is 11.5. The second kappa shape index (κ2) is 6.13. The molecule has 2 N–H and O–H groups in total. The van der Waals surface area contributed by atoms with E-state index in [1.54, 1.807) is 6.33 Å². The third-order valence-corrected chi connectivity index (χ3v) is 4.41. The number of hydrogen-bond acceptors (Lipinski definition) is 5. The Hall–Kier alpha value is -2.60. The number of fused-ring (bicyclic) bond motifs is 1. The highest BCUT2D eigenvalue weighted by Crippen LogP contribution is 2.32. The van der Waals surface area contributed by atoms with Crippen molar-refractivity contribution < 1.29 is 9.47 Å². The number of aromatic amines is 1. The van der Waals surface area contributed by atoms with Gasteiger partial charge in [0.05, 0.1) is 24.3 Å². The quantitative estimate of drug-likeness (QED) is 0.768. The van der Waals surface area contributed by atoms with Crippen LogP contribution in [0.2, 0.25) is 0 Å². The fraction of sp³-hybridized carbons (Fsp3) is 0.333. The minimum absolute atomic E-state index is 0.106. The zero-order valence-electron chi connectivity index (χ0n) is 13.8. The zero-order chi connectivity index (χ0) is 16.5. The molecule has 1 atom stereocenters. The highest BCUT2D eigenvalue weighted by molar-refractivity contribution is 5.93. The van der Waals surface area contributed by atoms with Crippen molar-refractivity contribution in [3.8, 4) is 5.75 Å². The van der Waals surface area contributed by atoms with E-state index < -0.39 is 0 Å². The Bertz CT molecular complexity index is 869. The van der Waals surface area contributed by atoms with Crippen LogP contribution in [0.3, 0.4) is 0 Å². The largest absolute Gasteiger partial charge is 0.486 e. The molecule has 1 aliphatic heterocycles. The van der Waals surface area contributed by atoms with Gasteiger partial charge in [0.2, 0.25) is 0 Å². The summed E-state index contributed by atoms with van der Waals surface area (Å²) in [7, 11) is 0. The Labute approximate surface area is 140 Å². The summed E-state index contributed by atoms with van der Waals surface area (Å²) in [5.74, 6) is 1.59. The molecule has 6 heteroatoms. The van der Waals surface area contributed by atoms with Crippen LogP contribution in [0.5, 0.6) is 5.75 Å². The van der Waals surface area contributed by atoms with Gasteiger partial charge in [0.15, 0.2) is 0 Å². The predicted molar refractivity (Wildman–Crippen MR) is 92.9 cm³/mol. The third-order valence-electron chi connectivity index (χ3n) is 4.41. The van der Waals surface area contributed by atoms with Crippen LogP contribution in [-0.2, 0) is 4.74 Å². The lowest BCUT2D eigenvalue weighted by Crippen LogP contribution is -2.16. The van der Waals surface area contributed by atoms with E-state index in [4.69, 9.17) is 9.47 Å². The number of nitrogens with zero attached hydrogens (tertiary/aromatic N) is 2. The zero-order valence-corrected chi connectivity index (χ0v) is 13.8. The molecule has 0 spiro atoms. The molecule has 0 amide bonds. The molecule has 3 heterocycles. The molecular weight excluding hydrogens is 304 g/mol. The van der Waals surface area contributed by atoms with E-state index in [1.807, 2.05) is 31.2 Å². The first-order chi connectivity index (χ1) is 11.7. The summed E-state index contributed by atoms with van der Waals surface area (Å²) in [5, 5.41) is 4.42. The fourth-order valence-corrected chi connectivity index (χ4v) is 2.97. The van der Waals surface area contributed by atoms with Gasteiger partial charge >= 0.3 is 0 Å². The van der Waals surface area contributed by atoms with Crippen LogP contribution in [0.15, 0.2) is 30.6 Å². The molecular formula is C18H20N4O2. The maximum absolute atomic E-state index is 6.09. The van der Waals surface area contributed by atoms with Crippen LogP contribution in [-0.4, -0.2) is 34.3 Å². The topological polar surface area (TPSA) is 72.1 Å². The van der Waals surface area contributed by atoms with E-state index in [-0.39, 0.29) is 6.10 Å². The molecule has 1 unspecified atom stereocenters. The molecule has 0 bridgehead atoms. The summed E-state index contributed by atoms with van der Waals surface area (Å²) in [6, 6.07) is 7.91. The molecule has 1 aromatic carbocycles. The number of rotatable bonds is 4. The minimum atomic E-state index is 0.106. The Kier molecular flexibility index (Phi) is 3.82. The maximum Gasteiger partial charge on any atom is 0.143 e. The molecule has 4 rings (SSSR count). The monoisotopic (exact) mass is 324 g/mol. The number of H-pyrrole nitrogens is 1. The van der Waals surface area contributed by atoms with Crippen LogP contribution in [0.4, 0.5) is 11.5 Å². The predicted octanol–water partition coefficient (Wildman–Crippen LogP) is 3.49. The Balaban J connectivity index is 1.68. The first kappa shape index (κ1) is 15.0. The molecule has 24 heavy (non-hydrogen) atoms. The number of aromatic nitrogens is 3. The van der Waals surface area contributed by atoms with Crippen molar-refractivity contribution in [2.75, 3.05) is 18.5 Å². The number of hydrogen-bond donors (Lipinski definition) is 2. The van der Waals surface area contributed by atoms with Gasteiger partial charge in [-0.1, -0.05) is 12.1 Å². The fourth-order valence-electron chi connectivity index (χ4n) is 2.97. The molecule has 6 nitrogen and oxygen atoms in total. The maximum atomic E-state index is 6.09. The number of anilines is 2. The summed E-state index contributed by atoms with van der Waals surface area (Å²) >= 11 is 0. The van der Waals surface area contributed by atoms with Gasteiger partial charge in [-0.15, -0.1) is 0 Å². The third kappa shape index (κ3) is 2.69. The molecule has 1 saturated heterocycles. The summed E-state index contributed by atoms with van der Waals surface area (Å²) in [6.07, 6.45) is 2.59. The molecule has 3 aromatic rings. The van der Waals surface area contributed by atoms with Gasteiger partial charge < -0.3 is 19.8 Å². The van der Waals surface area contributed by atoms with Crippen molar-refractivity contribution in [2.45, 2.75) is 26.4 Å². The summed E-state index contributed by atoms with van der Waals surface area (Å²) in [6.45, 7) is 5.51. The van der Waals surface area contributed by atoms with Gasteiger partial charge in [-0.25, -0.2) is 9.97 Å². The van der Waals surface area contributed by atoms with E-state index in [2.05, 4.69) is 27.2 Å². The van der Waals surface area contributed by atoms with Gasteiger partial charge in [-0.3, -0.25) is 0 Å². The number of aryl methyl sites for hydroxylation is 2. The average Bonchev–Trinajstić information content (AvgIpc) is 3.19. The first-order valence-electron chi connectivity index (χ1n) is 8.12.